The molecule has 0 unspecified atom stereocenters. The second kappa shape index (κ2) is 5.90. The predicted octanol–water partition coefficient (Wildman–Crippen LogP) is 3.10. The van der Waals surface area contributed by atoms with Gasteiger partial charge in [-0.25, -0.2) is 23.8 Å². The van der Waals surface area contributed by atoms with Crippen molar-refractivity contribution in [2.24, 2.45) is 0 Å². The van der Waals surface area contributed by atoms with Crippen molar-refractivity contribution in [2.45, 2.75) is 6.18 Å². The first-order valence-corrected chi connectivity index (χ1v) is 6.53. The minimum atomic E-state index is -4.75. The van der Waals surface area contributed by atoms with Gasteiger partial charge in [0.05, 0.1) is 5.56 Å². The average Bonchev–Trinajstić information content (AvgIpc) is 3.05. The van der Waals surface area contributed by atoms with Crippen LogP contribution in [0.5, 0.6) is 0 Å². The highest BCUT2D eigenvalue weighted by Gasteiger charge is 2.33. The van der Waals surface area contributed by atoms with Gasteiger partial charge in [0.15, 0.2) is 23.2 Å². The summed E-state index contributed by atoms with van der Waals surface area (Å²) < 4.78 is 66.7. The van der Waals surface area contributed by atoms with Crippen LogP contribution in [-0.2, 0) is 6.18 Å². The summed E-state index contributed by atoms with van der Waals surface area (Å²) in [6, 6.07) is 4.33. The highest BCUT2D eigenvalue weighted by atomic mass is 19.4. The molecular formula is C14H5F5N6. The Labute approximate surface area is 136 Å². The zero-order chi connectivity index (χ0) is 18.2. The number of aromatic amines is 1. The maximum absolute atomic E-state index is 14.3. The Hall–Kier alpha value is -3.42. The summed E-state index contributed by atoms with van der Waals surface area (Å²) >= 11 is 0. The number of nitrogens with one attached hydrogen (secondary N) is 1. The summed E-state index contributed by atoms with van der Waals surface area (Å²) in [7, 11) is 0. The third-order valence-electron chi connectivity index (χ3n) is 3.18. The standard InChI is InChI=1S/C14H5F5N6/c15-10-6(12-8(5-20)23-25-24-12)1-2-7(11(10)16)13-21-4-3-9(22-13)14(17,18)19/h1-4H,(H,23,24,25). The van der Waals surface area contributed by atoms with E-state index in [0.717, 1.165) is 18.3 Å². The summed E-state index contributed by atoms with van der Waals surface area (Å²) in [4.78, 5) is 6.76. The van der Waals surface area contributed by atoms with Gasteiger partial charge in [0, 0.05) is 11.8 Å². The first-order chi connectivity index (χ1) is 11.8. The van der Waals surface area contributed by atoms with Gasteiger partial charge in [-0.3, -0.25) is 0 Å². The molecule has 0 saturated heterocycles. The first-order valence-electron chi connectivity index (χ1n) is 6.53. The van der Waals surface area contributed by atoms with Crippen LogP contribution in [0.25, 0.3) is 22.6 Å². The highest BCUT2D eigenvalue weighted by molar-refractivity contribution is 5.69. The van der Waals surface area contributed by atoms with Gasteiger partial charge in [-0.05, 0) is 18.2 Å². The topological polar surface area (TPSA) is 91.1 Å². The molecule has 0 bridgehead atoms. The lowest BCUT2D eigenvalue weighted by Crippen LogP contribution is -2.09. The van der Waals surface area contributed by atoms with E-state index in [-0.39, 0.29) is 17.0 Å². The molecule has 0 atom stereocenters. The largest absolute Gasteiger partial charge is 0.433 e. The van der Waals surface area contributed by atoms with E-state index >= 15 is 0 Å². The number of hydrogen-bond acceptors (Lipinski definition) is 5. The number of alkyl halides is 3. The van der Waals surface area contributed by atoms with E-state index in [1.54, 1.807) is 6.07 Å². The molecule has 1 aromatic carbocycles. The van der Waals surface area contributed by atoms with Gasteiger partial charge in [0.25, 0.3) is 0 Å². The molecule has 0 radical (unpaired) electrons. The first kappa shape index (κ1) is 16.4. The Morgan fingerprint density at radius 3 is 2.40 bits per heavy atom. The van der Waals surface area contributed by atoms with Crippen molar-refractivity contribution in [3.8, 4) is 28.7 Å². The van der Waals surface area contributed by atoms with Crippen molar-refractivity contribution in [1.82, 2.24) is 25.4 Å². The maximum atomic E-state index is 14.3. The Bertz CT molecular complexity index is 988. The van der Waals surface area contributed by atoms with Crippen LogP contribution < -0.4 is 0 Å². The second-order valence-corrected chi connectivity index (χ2v) is 4.70. The normalized spacial score (nSPS) is 11.4. The van der Waals surface area contributed by atoms with E-state index in [1.807, 2.05) is 0 Å². The number of hydrogen-bond donors (Lipinski definition) is 1. The molecule has 2 heterocycles. The monoisotopic (exact) mass is 352 g/mol. The Morgan fingerprint density at radius 2 is 1.72 bits per heavy atom. The minimum absolute atomic E-state index is 0.193. The third-order valence-corrected chi connectivity index (χ3v) is 3.18. The molecule has 0 spiro atoms. The van der Waals surface area contributed by atoms with Crippen molar-refractivity contribution in [2.75, 3.05) is 0 Å². The number of nitrogens with zero attached hydrogens (tertiary/aromatic N) is 5. The van der Waals surface area contributed by atoms with Crippen LogP contribution >= 0.6 is 0 Å². The number of rotatable bonds is 2. The maximum Gasteiger partial charge on any atom is 0.433 e. The number of halogens is 5. The number of aromatic nitrogens is 5. The van der Waals surface area contributed by atoms with Crippen LogP contribution in [0.3, 0.4) is 0 Å². The molecule has 0 fully saturated rings. The van der Waals surface area contributed by atoms with E-state index in [2.05, 4.69) is 25.4 Å². The summed E-state index contributed by atoms with van der Waals surface area (Å²) in [5.41, 5.74) is -2.64. The molecule has 2 aromatic heterocycles. The molecule has 6 nitrogen and oxygen atoms in total. The van der Waals surface area contributed by atoms with Crippen molar-refractivity contribution in [3.63, 3.8) is 0 Å². The number of nitriles is 1. The Kier molecular flexibility index (Phi) is 3.88. The SMILES string of the molecule is N#Cc1[nH]nnc1-c1ccc(-c2nccc(C(F)(F)F)n2)c(F)c1F. The molecule has 0 aliphatic rings. The second-order valence-electron chi connectivity index (χ2n) is 4.70. The summed E-state index contributed by atoms with van der Waals surface area (Å²) in [5, 5.41) is 17.9. The fourth-order valence-corrected chi connectivity index (χ4v) is 2.05. The van der Waals surface area contributed by atoms with Crippen LogP contribution in [0.1, 0.15) is 11.4 Å². The summed E-state index contributed by atoms with van der Waals surface area (Å²) in [6.45, 7) is 0. The van der Waals surface area contributed by atoms with Crippen molar-refractivity contribution in [3.05, 3.63) is 47.4 Å². The van der Waals surface area contributed by atoms with E-state index in [0.29, 0.717) is 6.07 Å². The quantitative estimate of drug-likeness (QED) is 0.716. The Balaban J connectivity index is 2.12. The fraction of sp³-hybridized carbons (Fsp3) is 0.0714. The molecule has 0 saturated carbocycles. The zero-order valence-corrected chi connectivity index (χ0v) is 11.9. The van der Waals surface area contributed by atoms with Crippen molar-refractivity contribution in [1.29, 1.82) is 5.26 Å². The van der Waals surface area contributed by atoms with E-state index < -0.39 is 34.9 Å². The van der Waals surface area contributed by atoms with Crippen LogP contribution in [0.4, 0.5) is 22.0 Å². The molecular weight excluding hydrogens is 347 g/mol. The van der Waals surface area contributed by atoms with Crippen molar-refractivity contribution >= 4 is 0 Å². The van der Waals surface area contributed by atoms with E-state index in [9.17, 15) is 22.0 Å². The molecule has 0 aliphatic carbocycles. The summed E-state index contributed by atoms with van der Waals surface area (Å²) in [6.07, 6.45) is -3.96. The summed E-state index contributed by atoms with van der Waals surface area (Å²) in [5.74, 6) is -3.51. The van der Waals surface area contributed by atoms with E-state index in [1.165, 1.54) is 0 Å². The molecule has 11 heteroatoms. The van der Waals surface area contributed by atoms with Gasteiger partial charge in [-0.1, -0.05) is 5.21 Å². The molecule has 0 aliphatic heterocycles. The van der Waals surface area contributed by atoms with Crippen LogP contribution in [-0.4, -0.2) is 25.4 Å². The number of benzene rings is 1. The van der Waals surface area contributed by atoms with Gasteiger partial charge < -0.3 is 0 Å². The van der Waals surface area contributed by atoms with E-state index in [4.69, 9.17) is 5.26 Å². The fourth-order valence-electron chi connectivity index (χ4n) is 2.05. The van der Waals surface area contributed by atoms with Gasteiger partial charge in [-0.2, -0.15) is 18.4 Å². The van der Waals surface area contributed by atoms with Crippen molar-refractivity contribution < 1.29 is 22.0 Å². The van der Waals surface area contributed by atoms with Gasteiger partial charge in [0.2, 0.25) is 0 Å². The minimum Gasteiger partial charge on any atom is -0.247 e. The highest BCUT2D eigenvalue weighted by Crippen LogP contribution is 2.32. The lowest BCUT2D eigenvalue weighted by Gasteiger charge is -2.09. The third kappa shape index (κ3) is 2.89. The molecule has 3 aromatic rings. The number of H-pyrrole nitrogens is 1. The lowest BCUT2D eigenvalue weighted by atomic mass is 10.1. The molecule has 3 rings (SSSR count). The zero-order valence-electron chi connectivity index (χ0n) is 11.9. The van der Waals surface area contributed by atoms with Crippen LogP contribution in [0.15, 0.2) is 24.4 Å². The molecule has 126 valence electrons. The van der Waals surface area contributed by atoms with Crippen LogP contribution in [0, 0.1) is 23.0 Å². The Morgan fingerprint density at radius 1 is 1.04 bits per heavy atom. The lowest BCUT2D eigenvalue weighted by molar-refractivity contribution is -0.141. The van der Waals surface area contributed by atoms with Crippen LogP contribution in [0.2, 0.25) is 0 Å². The van der Waals surface area contributed by atoms with Gasteiger partial charge in [0.1, 0.15) is 17.5 Å². The predicted molar refractivity (Wildman–Crippen MR) is 72.5 cm³/mol. The smallest absolute Gasteiger partial charge is 0.247 e. The molecule has 25 heavy (non-hydrogen) atoms. The molecule has 0 amide bonds. The molecule has 1 N–H and O–H groups in total. The van der Waals surface area contributed by atoms with Gasteiger partial charge in [-0.15, -0.1) is 5.10 Å². The van der Waals surface area contributed by atoms with Gasteiger partial charge >= 0.3 is 6.18 Å². The average molecular weight is 352 g/mol.